The molecule has 1 aliphatic heterocycles. The number of nitrogens with one attached hydrogen (secondary N) is 2. The Bertz CT molecular complexity index is 1020. The number of carbonyl (C=O) groups is 3. The number of benzene rings is 2. The number of esters is 1. The Kier molecular flexibility index (Phi) is 6.93. The van der Waals surface area contributed by atoms with Crippen LogP contribution >= 0.6 is 0 Å². The number of hydrogen-bond donors (Lipinski definition) is 2. The molecule has 0 aromatic heterocycles. The SMILES string of the molecule is COC(=O)c1ccc(N2CCN(CC(=O)Nc3ccccc3C(=O)NC3CC3)C(C)C2)cc1. The highest BCUT2D eigenvalue weighted by Gasteiger charge is 2.27. The molecular weight excluding hydrogens is 420 g/mol. The molecule has 2 amide bonds. The van der Waals surface area contributed by atoms with Crippen molar-refractivity contribution in [3.63, 3.8) is 0 Å². The Morgan fingerprint density at radius 2 is 1.76 bits per heavy atom. The molecule has 4 rings (SSSR count). The van der Waals surface area contributed by atoms with Crippen LogP contribution in [0.25, 0.3) is 0 Å². The Labute approximate surface area is 193 Å². The van der Waals surface area contributed by atoms with Crippen LogP contribution in [0.5, 0.6) is 0 Å². The quantitative estimate of drug-likeness (QED) is 0.630. The van der Waals surface area contributed by atoms with E-state index in [1.165, 1.54) is 7.11 Å². The number of para-hydroxylation sites is 1. The summed E-state index contributed by atoms with van der Waals surface area (Å²) in [6, 6.07) is 14.9. The molecule has 2 aliphatic rings. The molecular formula is C25H30N4O4. The number of hydrogen-bond acceptors (Lipinski definition) is 6. The molecule has 1 atom stereocenters. The van der Waals surface area contributed by atoms with Crippen molar-refractivity contribution in [2.24, 2.45) is 0 Å². The van der Waals surface area contributed by atoms with E-state index in [1.54, 1.807) is 30.3 Å². The topological polar surface area (TPSA) is 91.0 Å². The van der Waals surface area contributed by atoms with Gasteiger partial charge in [0.15, 0.2) is 0 Å². The minimum absolute atomic E-state index is 0.135. The summed E-state index contributed by atoms with van der Waals surface area (Å²) in [6.45, 7) is 4.63. The maximum Gasteiger partial charge on any atom is 0.337 e. The largest absolute Gasteiger partial charge is 0.465 e. The highest BCUT2D eigenvalue weighted by molar-refractivity contribution is 6.04. The van der Waals surface area contributed by atoms with Gasteiger partial charge < -0.3 is 20.3 Å². The van der Waals surface area contributed by atoms with Gasteiger partial charge in [-0.1, -0.05) is 12.1 Å². The van der Waals surface area contributed by atoms with Crippen LogP contribution in [0, 0.1) is 0 Å². The van der Waals surface area contributed by atoms with E-state index in [-0.39, 0.29) is 36.4 Å². The summed E-state index contributed by atoms with van der Waals surface area (Å²) in [5.41, 5.74) is 2.59. The van der Waals surface area contributed by atoms with Crippen LogP contribution in [0.4, 0.5) is 11.4 Å². The van der Waals surface area contributed by atoms with Crippen molar-refractivity contribution in [3.05, 3.63) is 59.7 Å². The van der Waals surface area contributed by atoms with Crippen LogP contribution in [0.15, 0.2) is 48.5 Å². The molecule has 1 saturated carbocycles. The Hall–Kier alpha value is -3.39. The molecule has 174 valence electrons. The summed E-state index contributed by atoms with van der Waals surface area (Å²) >= 11 is 0. The lowest BCUT2D eigenvalue weighted by Crippen LogP contribution is -2.53. The number of amides is 2. The summed E-state index contributed by atoms with van der Waals surface area (Å²) in [5, 5.41) is 5.89. The van der Waals surface area contributed by atoms with Gasteiger partial charge in [-0.3, -0.25) is 14.5 Å². The van der Waals surface area contributed by atoms with Gasteiger partial charge in [0.25, 0.3) is 5.91 Å². The molecule has 2 fully saturated rings. The van der Waals surface area contributed by atoms with E-state index in [9.17, 15) is 14.4 Å². The molecule has 2 aromatic carbocycles. The molecule has 1 saturated heterocycles. The first-order chi connectivity index (χ1) is 15.9. The summed E-state index contributed by atoms with van der Waals surface area (Å²) in [6.07, 6.45) is 2.03. The van der Waals surface area contributed by atoms with Crippen LogP contribution in [-0.4, -0.2) is 68.1 Å². The van der Waals surface area contributed by atoms with Gasteiger partial charge >= 0.3 is 5.97 Å². The fourth-order valence-corrected chi connectivity index (χ4v) is 4.05. The lowest BCUT2D eigenvalue weighted by atomic mass is 10.1. The number of piperazine rings is 1. The standard InChI is InChI=1S/C25H30N4O4/c1-17-15-29(20-11-7-18(8-12-20)25(32)33-2)14-13-28(17)16-23(30)27-22-6-4-3-5-21(22)24(31)26-19-9-10-19/h3-8,11-12,17,19H,9-10,13-16H2,1-2H3,(H,26,31)(H,27,30). The lowest BCUT2D eigenvalue weighted by Gasteiger charge is -2.40. The zero-order chi connectivity index (χ0) is 23.4. The number of anilines is 2. The molecule has 8 heteroatoms. The summed E-state index contributed by atoms with van der Waals surface area (Å²) in [4.78, 5) is 41.3. The molecule has 33 heavy (non-hydrogen) atoms. The second kappa shape index (κ2) is 10.0. The summed E-state index contributed by atoms with van der Waals surface area (Å²) < 4.78 is 4.75. The highest BCUT2D eigenvalue weighted by Crippen LogP contribution is 2.23. The van der Waals surface area contributed by atoms with Crippen LogP contribution in [-0.2, 0) is 9.53 Å². The molecule has 1 unspecified atom stereocenters. The van der Waals surface area contributed by atoms with Crippen molar-refractivity contribution < 1.29 is 19.1 Å². The van der Waals surface area contributed by atoms with E-state index >= 15 is 0 Å². The third-order valence-corrected chi connectivity index (χ3v) is 6.12. The number of carbonyl (C=O) groups excluding carboxylic acids is 3. The van der Waals surface area contributed by atoms with Gasteiger partial charge in [-0.2, -0.15) is 0 Å². The van der Waals surface area contributed by atoms with E-state index < -0.39 is 0 Å². The maximum absolute atomic E-state index is 12.8. The second-order valence-corrected chi connectivity index (χ2v) is 8.65. The van der Waals surface area contributed by atoms with Crippen molar-refractivity contribution in [2.45, 2.75) is 31.8 Å². The lowest BCUT2D eigenvalue weighted by molar-refractivity contribution is -0.117. The first-order valence-corrected chi connectivity index (χ1v) is 11.3. The minimum atomic E-state index is -0.350. The number of nitrogens with zero attached hydrogens (tertiary/aromatic N) is 2. The van der Waals surface area contributed by atoms with E-state index in [1.807, 2.05) is 18.2 Å². The van der Waals surface area contributed by atoms with Gasteiger partial charge in [0.2, 0.25) is 5.91 Å². The fraction of sp³-hybridized carbons (Fsp3) is 0.400. The van der Waals surface area contributed by atoms with Crippen LogP contribution in [0.1, 0.15) is 40.5 Å². The number of ether oxygens (including phenoxy) is 1. The normalized spacial score (nSPS) is 18.5. The Morgan fingerprint density at radius 1 is 1.03 bits per heavy atom. The monoisotopic (exact) mass is 450 g/mol. The molecule has 2 N–H and O–H groups in total. The Balaban J connectivity index is 1.32. The molecule has 0 radical (unpaired) electrons. The average molecular weight is 451 g/mol. The zero-order valence-electron chi connectivity index (χ0n) is 19.0. The number of methoxy groups -OCH3 is 1. The second-order valence-electron chi connectivity index (χ2n) is 8.65. The first kappa shape index (κ1) is 22.8. The van der Waals surface area contributed by atoms with Gasteiger partial charge in [0, 0.05) is 37.4 Å². The van der Waals surface area contributed by atoms with E-state index in [0.29, 0.717) is 16.8 Å². The molecule has 0 bridgehead atoms. The smallest absolute Gasteiger partial charge is 0.337 e. The maximum atomic E-state index is 12.8. The van der Waals surface area contributed by atoms with E-state index in [0.717, 1.165) is 38.2 Å². The first-order valence-electron chi connectivity index (χ1n) is 11.3. The fourth-order valence-electron chi connectivity index (χ4n) is 4.05. The third kappa shape index (κ3) is 5.70. The van der Waals surface area contributed by atoms with Crippen molar-refractivity contribution in [3.8, 4) is 0 Å². The van der Waals surface area contributed by atoms with Gasteiger partial charge in [0.1, 0.15) is 0 Å². The molecule has 1 aliphatic carbocycles. The van der Waals surface area contributed by atoms with E-state index in [2.05, 4.69) is 27.4 Å². The summed E-state index contributed by atoms with van der Waals surface area (Å²) in [5.74, 6) is -0.629. The van der Waals surface area contributed by atoms with Gasteiger partial charge in [-0.25, -0.2) is 4.79 Å². The predicted octanol–water partition coefficient (Wildman–Crippen LogP) is 2.51. The van der Waals surface area contributed by atoms with E-state index in [4.69, 9.17) is 4.74 Å². The van der Waals surface area contributed by atoms with Crippen LogP contribution < -0.4 is 15.5 Å². The molecule has 8 nitrogen and oxygen atoms in total. The zero-order valence-corrected chi connectivity index (χ0v) is 19.0. The summed E-state index contributed by atoms with van der Waals surface area (Å²) in [7, 11) is 1.37. The molecule has 2 aromatic rings. The molecule has 0 spiro atoms. The number of rotatable bonds is 7. The molecule has 1 heterocycles. The van der Waals surface area contributed by atoms with Crippen LogP contribution in [0.3, 0.4) is 0 Å². The van der Waals surface area contributed by atoms with Crippen molar-refractivity contribution in [1.82, 2.24) is 10.2 Å². The van der Waals surface area contributed by atoms with Gasteiger partial charge in [-0.15, -0.1) is 0 Å². The predicted molar refractivity (Wildman–Crippen MR) is 127 cm³/mol. The van der Waals surface area contributed by atoms with Gasteiger partial charge in [0.05, 0.1) is 30.5 Å². The minimum Gasteiger partial charge on any atom is -0.465 e. The van der Waals surface area contributed by atoms with Gasteiger partial charge in [-0.05, 0) is 56.2 Å². The Morgan fingerprint density at radius 3 is 2.42 bits per heavy atom. The van der Waals surface area contributed by atoms with Crippen molar-refractivity contribution in [2.75, 3.05) is 43.5 Å². The highest BCUT2D eigenvalue weighted by atomic mass is 16.5. The third-order valence-electron chi connectivity index (χ3n) is 6.12. The average Bonchev–Trinajstić information content (AvgIpc) is 3.64. The van der Waals surface area contributed by atoms with Crippen LogP contribution in [0.2, 0.25) is 0 Å². The van der Waals surface area contributed by atoms with Crippen molar-refractivity contribution >= 4 is 29.2 Å². The van der Waals surface area contributed by atoms with Crippen molar-refractivity contribution in [1.29, 1.82) is 0 Å².